The minimum absolute atomic E-state index is 0.290. The lowest BCUT2D eigenvalue weighted by Crippen LogP contribution is -2.38. The lowest BCUT2D eigenvalue weighted by atomic mass is 10.3. The van der Waals surface area contributed by atoms with Gasteiger partial charge in [0.05, 0.1) is 6.54 Å². The molecular weight excluding hydrogens is 206 g/mol. The van der Waals surface area contributed by atoms with Gasteiger partial charge in [0.25, 0.3) is 0 Å². The maximum Gasteiger partial charge on any atom is 0.231 e. The fraction of sp³-hybridized carbons (Fsp3) is 0.818. The molecule has 1 saturated heterocycles. The monoisotopic (exact) mass is 225 g/mol. The zero-order valence-corrected chi connectivity index (χ0v) is 9.52. The van der Waals surface area contributed by atoms with Crippen LogP contribution < -0.4 is 5.73 Å². The summed E-state index contributed by atoms with van der Waals surface area (Å²) in [7, 11) is 0. The fourth-order valence-corrected chi connectivity index (χ4v) is 2.16. The molecule has 0 atom stereocenters. The van der Waals surface area contributed by atoms with E-state index in [2.05, 4.69) is 0 Å². The van der Waals surface area contributed by atoms with E-state index in [0.717, 1.165) is 45.4 Å². The van der Waals surface area contributed by atoms with Crippen LogP contribution in [-0.2, 0) is 9.59 Å². The first kappa shape index (κ1) is 11.4. The Labute approximate surface area is 95.6 Å². The molecular formula is C11H19N3O2. The third-order valence-corrected chi connectivity index (χ3v) is 3.21. The smallest absolute Gasteiger partial charge is 0.231 e. The number of amides is 2. The molecule has 1 aliphatic heterocycles. The highest BCUT2D eigenvalue weighted by Crippen LogP contribution is 2.31. The second-order valence-electron chi connectivity index (χ2n) is 4.70. The van der Waals surface area contributed by atoms with Crippen molar-refractivity contribution in [1.82, 2.24) is 9.80 Å². The molecule has 5 heteroatoms. The molecule has 5 nitrogen and oxygen atoms in total. The van der Waals surface area contributed by atoms with Crippen LogP contribution in [-0.4, -0.2) is 54.3 Å². The van der Waals surface area contributed by atoms with E-state index in [9.17, 15) is 9.59 Å². The summed E-state index contributed by atoms with van der Waals surface area (Å²) in [6.07, 6.45) is 3.05. The summed E-state index contributed by atoms with van der Waals surface area (Å²) >= 11 is 0. The van der Waals surface area contributed by atoms with Crippen LogP contribution in [0.2, 0.25) is 0 Å². The Bertz CT molecular complexity index is 289. The summed E-state index contributed by atoms with van der Waals surface area (Å²) in [4.78, 5) is 26.6. The van der Waals surface area contributed by atoms with Gasteiger partial charge in [-0.1, -0.05) is 0 Å². The highest BCUT2D eigenvalue weighted by atomic mass is 16.2. The third kappa shape index (κ3) is 2.95. The Hall–Kier alpha value is -1.10. The molecule has 2 rings (SSSR count). The van der Waals surface area contributed by atoms with Gasteiger partial charge in [0.15, 0.2) is 0 Å². The maximum atomic E-state index is 11.9. The topological polar surface area (TPSA) is 66.6 Å². The number of primary amides is 1. The van der Waals surface area contributed by atoms with Crippen molar-refractivity contribution in [2.24, 2.45) is 11.7 Å². The first-order valence-corrected chi connectivity index (χ1v) is 5.96. The lowest BCUT2D eigenvalue weighted by molar-refractivity contribution is -0.132. The van der Waals surface area contributed by atoms with Gasteiger partial charge in [-0.25, -0.2) is 0 Å². The Kier molecular flexibility index (Phi) is 3.43. The van der Waals surface area contributed by atoms with Crippen molar-refractivity contribution in [2.45, 2.75) is 19.3 Å². The Morgan fingerprint density at radius 2 is 1.88 bits per heavy atom. The molecule has 16 heavy (non-hydrogen) atoms. The van der Waals surface area contributed by atoms with E-state index in [4.69, 9.17) is 5.73 Å². The molecule has 1 saturated carbocycles. The number of nitrogens with zero attached hydrogens (tertiary/aromatic N) is 2. The second-order valence-corrected chi connectivity index (χ2v) is 4.70. The van der Waals surface area contributed by atoms with Crippen molar-refractivity contribution in [3.63, 3.8) is 0 Å². The molecule has 0 bridgehead atoms. The minimum Gasteiger partial charge on any atom is -0.369 e. The Morgan fingerprint density at radius 1 is 1.12 bits per heavy atom. The molecule has 1 aliphatic carbocycles. The number of hydrogen-bond donors (Lipinski definition) is 1. The van der Waals surface area contributed by atoms with Gasteiger partial charge in [-0.2, -0.15) is 0 Å². The quantitative estimate of drug-likeness (QED) is 0.698. The van der Waals surface area contributed by atoms with Crippen LogP contribution >= 0.6 is 0 Å². The van der Waals surface area contributed by atoms with Crippen molar-refractivity contribution in [3.05, 3.63) is 0 Å². The predicted octanol–water partition coefficient (Wildman–Crippen LogP) is -0.584. The second kappa shape index (κ2) is 4.82. The van der Waals surface area contributed by atoms with E-state index >= 15 is 0 Å². The summed E-state index contributed by atoms with van der Waals surface area (Å²) in [5.41, 5.74) is 5.17. The molecule has 2 N–H and O–H groups in total. The van der Waals surface area contributed by atoms with E-state index in [1.807, 2.05) is 9.80 Å². The van der Waals surface area contributed by atoms with Crippen molar-refractivity contribution in [2.75, 3.05) is 32.7 Å². The fourth-order valence-electron chi connectivity index (χ4n) is 2.16. The number of nitrogens with two attached hydrogens (primary N) is 1. The van der Waals surface area contributed by atoms with E-state index < -0.39 is 0 Å². The van der Waals surface area contributed by atoms with E-state index in [-0.39, 0.29) is 5.91 Å². The number of hydrogen-bond acceptors (Lipinski definition) is 3. The van der Waals surface area contributed by atoms with Gasteiger partial charge in [-0.05, 0) is 19.3 Å². The molecule has 2 aliphatic rings. The van der Waals surface area contributed by atoms with Gasteiger partial charge in [0.2, 0.25) is 11.8 Å². The van der Waals surface area contributed by atoms with Crippen molar-refractivity contribution < 1.29 is 9.59 Å². The zero-order valence-electron chi connectivity index (χ0n) is 9.52. The molecule has 0 aromatic heterocycles. The van der Waals surface area contributed by atoms with Crippen LogP contribution in [0.4, 0.5) is 0 Å². The number of carbonyl (C=O) groups excluding carboxylic acids is 2. The molecule has 90 valence electrons. The molecule has 0 aromatic carbocycles. The van der Waals surface area contributed by atoms with Crippen LogP contribution in [0.25, 0.3) is 0 Å². The van der Waals surface area contributed by atoms with E-state index in [1.54, 1.807) is 0 Å². The summed E-state index contributed by atoms with van der Waals surface area (Å²) in [5, 5.41) is 0. The molecule has 1 heterocycles. The highest BCUT2D eigenvalue weighted by molar-refractivity contribution is 5.81. The summed E-state index contributed by atoms with van der Waals surface area (Å²) in [5.74, 6) is 0.311. The van der Waals surface area contributed by atoms with Crippen LogP contribution in [0.5, 0.6) is 0 Å². The van der Waals surface area contributed by atoms with Crippen LogP contribution in [0.15, 0.2) is 0 Å². The van der Waals surface area contributed by atoms with E-state index in [0.29, 0.717) is 18.4 Å². The van der Waals surface area contributed by atoms with Gasteiger partial charge in [-0.15, -0.1) is 0 Å². The molecule has 0 aromatic rings. The minimum atomic E-state index is -0.290. The number of rotatable bonds is 3. The van der Waals surface area contributed by atoms with Crippen molar-refractivity contribution >= 4 is 11.8 Å². The van der Waals surface area contributed by atoms with Crippen molar-refractivity contribution in [1.29, 1.82) is 0 Å². The first-order chi connectivity index (χ1) is 7.66. The highest BCUT2D eigenvalue weighted by Gasteiger charge is 2.33. The molecule has 0 unspecified atom stereocenters. The first-order valence-electron chi connectivity index (χ1n) is 5.96. The van der Waals surface area contributed by atoms with Gasteiger partial charge in [-0.3, -0.25) is 14.5 Å². The summed E-state index contributed by atoms with van der Waals surface area (Å²) < 4.78 is 0. The molecule has 0 radical (unpaired) electrons. The number of carbonyl (C=O) groups is 2. The molecule has 0 spiro atoms. The van der Waals surface area contributed by atoms with Crippen LogP contribution in [0.3, 0.4) is 0 Å². The Balaban J connectivity index is 1.82. The molecule has 2 fully saturated rings. The van der Waals surface area contributed by atoms with Crippen LogP contribution in [0, 0.1) is 5.92 Å². The third-order valence-electron chi connectivity index (χ3n) is 3.21. The predicted molar refractivity (Wildman–Crippen MR) is 59.6 cm³/mol. The summed E-state index contributed by atoms with van der Waals surface area (Å²) in [6, 6.07) is 0. The zero-order chi connectivity index (χ0) is 11.5. The summed E-state index contributed by atoms with van der Waals surface area (Å²) in [6.45, 7) is 3.50. The Morgan fingerprint density at radius 3 is 2.50 bits per heavy atom. The lowest BCUT2D eigenvalue weighted by Gasteiger charge is -2.21. The molecule has 2 amide bonds. The SMILES string of the molecule is NC(=O)CN1CCCN(C(=O)C2CC2)CC1. The largest absolute Gasteiger partial charge is 0.369 e. The standard InChI is InChI=1S/C11H19N3O2/c12-10(15)8-13-4-1-5-14(7-6-13)11(16)9-2-3-9/h9H,1-8H2,(H2,12,15). The van der Waals surface area contributed by atoms with Crippen molar-refractivity contribution in [3.8, 4) is 0 Å². The van der Waals surface area contributed by atoms with Gasteiger partial charge in [0.1, 0.15) is 0 Å². The van der Waals surface area contributed by atoms with Gasteiger partial charge >= 0.3 is 0 Å². The van der Waals surface area contributed by atoms with E-state index in [1.165, 1.54) is 0 Å². The average molecular weight is 225 g/mol. The van der Waals surface area contributed by atoms with Gasteiger partial charge in [0, 0.05) is 32.1 Å². The normalized spacial score (nSPS) is 22.9. The van der Waals surface area contributed by atoms with Crippen LogP contribution in [0.1, 0.15) is 19.3 Å². The average Bonchev–Trinajstić information content (AvgIpc) is 3.03. The maximum absolute atomic E-state index is 11.9. The van der Waals surface area contributed by atoms with Gasteiger partial charge < -0.3 is 10.6 Å².